The van der Waals surface area contributed by atoms with E-state index in [9.17, 15) is 24.3 Å². The molecule has 0 rings (SSSR count). The molecule has 218 valence electrons. The van der Waals surface area contributed by atoms with Crippen LogP contribution in [0.4, 0.5) is 0 Å². The normalized spacial score (nSPS) is 11.5. The van der Waals surface area contributed by atoms with Gasteiger partial charge in [-0.05, 0) is 18.4 Å². The van der Waals surface area contributed by atoms with Gasteiger partial charge in [-0.3, -0.25) is 19.2 Å². The van der Waals surface area contributed by atoms with E-state index in [-0.39, 0.29) is 51.3 Å². The molecule has 0 aromatic carbocycles. The number of ether oxygens (including phenoxy) is 1. The van der Waals surface area contributed by atoms with Gasteiger partial charge in [-0.15, -0.1) is 0 Å². The van der Waals surface area contributed by atoms with Crippen LogP contribution < -0.4 is 5.32 Å². The minimum absolute atomic E-state index is 0.117. The average molecular weight is 541 g/mol. The SMILES string of the molecule is [N-]=[N+]=NCCOCCNC(=O)C[C@H](CC(=O)CCCCCCCCCCCCCCCCC(=O)O)C(=O)O. The van der Waals surface area contributed by atoms with Gasteiger partial charge in [-0.1, -0.05) is 82.2 Å². The molecule has 0 fully saturated rings. The van der Waals surface area contributed by atoms with Gasteiger partial charge in [0.05, 0.1) is 19.1 Å². The van der Waals surface area contributed by atoms with Gasteiger partial charge in [0.15, 0.2) is 0 Å². The lowest BCUT2D eigenvalue weighted by molar-refractivity contribution is -0.145. The number of nitrogens with zero attached hydrogens (tertiary/aromatic N) is 3. The molecule has 0 unspecified atom stereocenters. The monoisotopic (exact) mass is 540 g/mol. The van der Waals surface area contributed by atoms with Gasteiger partial charge >= 0.3 is 11.9 Å². The molecule has 38 heavy (non-hydrogen) atoms. The van der Waals surface area contributed by atoms with Gasteiger partial charge < -0.3 is 20.3 Å². The number of azide groups is 1. The molecule has 0 heterocycles. The number of amides is 1. The van der Waals surface area contributed by atoms with Crippen molar-refractivity contribution in [3.8, 4) is 0 Å². The summed E-state index contributed by atoms with van der Waals surface area (Å²) in [5.41, 5.74) is 8.16. The molecular formula is C27H48N4O7. The van der Waals surface area contributed by atoms with E-state index < -0.39 is 23.8 Å². The number of aliphatic carboxylic acids is 2. The van der Waals surface area contributed by atoms with E-state index in [2.05, 4.69) is 15.3 Å². The number of carboxylic acid groups (broad SMARTS) is 2. The van der Waals surface area contributed by atoms with Gasteiger partial charge in [0.2, 0.25) is 5.91 Å². The largest absolute Gasteiger partial charge is 0.481 e. The van der Waals surface area contributed by atoms with Crippen LogP contribution in [0, 0.1) is 5.92 Å². The molecular weight excluding hydrogens is 492 g/mol. The number of nitrogens with one attached hydrogen (secondary N) is 1. The quantitative estimate of drug-likeness (QED) is 0.0485. The number of hydrogen-bond donors (Lipinski definition) is 3. The molecule has 0 bridgehead atoms. The Morgan fingerprint density at radius 3 is 1.71 bits per heavy atom. The first-order chi connectivity index (χ1) is 18.4. The van der Waals surface area contributed by atoms with Gasteiger partial charge in [-0.25, -0.2) is 0 Å². The number of carboxylic acids is 2. The number of carbonyl (C=O) groups excluding carboxylic acids is 2. The summed E-state index contributed by atoms with van der Waals surface area (Å²) in [4.78, 5) is 48.7. The second-order valence-corrected chi connectivity index (χ2v) is 9.74. The highest BCUT2D eigenvalue weighted by Gasteiger charge is 2.24. The molecule has 0 saturated heterocycles. The first-order valence-electron chi connectivity index (χ1n) is 14.2. The fourth-order valence-electron chi connectivity index (χ4n) is 4.15. The molecule has 0 spiro atoms. The van der Waals surface area contributed by atoms with Crippen molar-refractivity contribution in [1.82, 2.24) is 5.32 Å². The minimum atomic E-state index is -1.14. The van der Waals surface area contributed by atoms with Crippen molar-refractivity contribution in [2.75, 3.05) is 26.3 Å². The maximum absolute atomic E-state index is 12.2. The lowest BCUT2D eigenvalue weighted by Crippen LogP contribution is -2.31. The highest BCUT2D eigenvalue weighted by atomic mass is 16.5. The van der Waals surface area contributed by atoms with E-state index in [1.54, 1.807) is 0 Å². The number of carbonyl (C=O) groups is 4. The van der Waals surface area contributed by atoms with Crippen molar-refractivity contribution in [2.24, 2.45) is 11.0 Å². The molecule has 1 amide bonds. The van der Waals surface area contributed by atoms with Crippen LogP contribution in [0.25, 0.3) is 10.4 Å². The molecule has 0 saturated carbocycles. The predicted octanol–water partition coefficient (Wildman–Crippen LogP) is 5.81. The van der Waals surface area contributed by atoms with Gasteiger partial charge in [-0.2, -0.15) is 0 Å². The predicted molar refractivity (Wildman–Crippen MR) is 145 cm³/mol. The van der Waals surface area contributed by atoms with Gasteiger partial charge in [0, 0.05) is 43.7 Å². The Morgan fingerprint density at radius 2 is 1.24 bits per heavy atom. The van der Waals surface area contributed by atoms with Gasteiger partial charge in [0.25, 0.3) is 0 Å². The Balaban J connectivity index is 3.66. The van der Waals surface area contributed by atoms with Crippen LogP contribution >= 0.6 is 0 Å². The molecule has 0 aliphatic carbocycles. The summed E-state index contributed by atoms with van der Waals surface area (Å²) >= 11 is 0. The Labute approximate surface area is 226 Å². The lowest BCUT2D eigenvalue weighted by Gasteiger charge is -2.12. The number of unbranched alkanes of at least 4 members (excludes halogenated alkanes) is 13. The molecule has 3 N–H and O–H groups in total. The van der Waals surface area contributed by atoms with Crippen molar-refractivity contribution in [3.63, 3.8) is 0 Å². The highest BCUT2D eigenvalue weighted by molar-refractivity contribution is 5.87. The highest BCUT2D eigenvalue weighted by Crippen LogP contribution is 2.16. The molecule has 0 aromatic heterocycles. The number of hydrogen-bond acceptors (Lipinski definition) is 6. The van der Waals surface area contributed by atoms with E-state index in [1.165, 1.54) is 44.9 Å². The summed E-state index contributed by atoms with van der Waals surface area (Å²) < 4.78 is 5.16. The Morgan fingerprint density at radius 1 is 0.737 bits per heavy atom. The van der Waals surface area contributed by atoms with Crippen molar-refractivity contribution in [3.05, 3.63) is 10.4 Å². The van der Waals surface area contributed by atoms with Crippen LogP contribution in [0.3, 0.4) is 0 Å². The van der Waals surface area contributed by atoms with E-state index in [4.69, 9.17) is 15.4 Å². The zero-order valence-electron chi connectivity index (χ0n) is 22.9. The van der Waals surface area contributed by atoms with Crippen LogP contribution in [0.1, 0.15) is 116 Å². The minimum Gasteiger partial charge on any atom is -0.481 e. The topological polar surface area (TPSA) is 179 Å². The molecule has 0 aromatic rings. The lowest BCUT2D eigenvalue weighted by atomic mass is 9.95. The van der Waals surface area contributed by atoms with Crippen molar-refractivity contribution in [2.45, 2.75) is 116 Å². The van der Waals surface area contributed by atoms with Crippen molar-refractivity contribution < 1.29 is 34.1 Å². The zero-order chi connectivity index (χ0) is 28.3. The Kier molecular flexibility index (Phi) is 24.2. The molecule has 11 heteroatoms. The van der Waals surface area contributed by atoms with Crippen LogP contribution in [0.15, 0.2) is 5.11 Å². The second kappa shape index (κ2) is 26.0. The molecule has 1 atom stereocenters. The van der Waals surface area contributed by atoms with Crippen LogP contribution in [-0.2, 0) is 23.9 Å². The van der Waals surface area contributed by atoms with Gasteiger partial charge in [0.1, 0.15) is 5.78 Å². The van der Waals surface area contributed by atoms with Crippen molar-refractivity contribution >= 4 is 23.6 Å². The third kappa shape index (κ3) is 25.0. The third-order valence-corrected chi connectivity index (χ3v) is 6.32. The number of Topliss-reactive ketones (excluding diaryl/α,β-unsaturated/α-hetero) is 1. The molecule has 0 aliphatic heterocycles. The number of ketones is 1. The molecule has 0 aliphatic rings. The third-order valence-electron chi connectivity index (χ3n) is 6.32. The summed E-state index contributed by atoms with van der Waals surface area (Å²) in [5.74, 6) is -3.42. The second-order valence-electron chi connectivity index (χ2n) is 9.74. The maximum Gasteiger partial charge on any atom is 0.307 e. The summed E-state index contributed by atoms with van der Waals surface area (Å²) in [5, 5.41) is 23.9. The van der Waals surface area contributed by atoms with E-state index in [0.29, 0.717) is 6.42 Å². The molecule has 0 radical (unpaired) electrons. The van der Waals surface area contributed by atoms with Crippen LogP contribution in [0.2, 0.25) is 0 Å². The fraction of sp³-hybridized carbons (Fsp3) is 0.852. The fourth-order valence-corrected chi connectivity index (χ4v) is 4.15. The van der Waals surface area contributed by atoms with Crippen molar-refractivity contribution in [1.29, 1.82) is 0 Å². The number of rotatable bonds is 28. The van der Waals surface area contributed by atoms with Crippen LogP contribution in [-0.4, -0.2) is 60.1 Å². The maximum atomic E-state index is 12.2. The first-order valence-corrected chi connectivity index (χ1v) is 14.2. The summed E-state index contributed by atoms with van der Waals surface area (Å²) in [6.45, 7) is 0.887. The smallest absolute Gasteiger partial charge is 0.307 e. The van der Waals surface area contributed by atoms with E-state index >= 15 is 0 Å². The van der Waals surface area contributed by atoms with Crippen LogP contribution in [0.5, 0.6) is 0 Å². The standard InChI is InChI=1S/C27H48N4O7/c28-31-30-18-20-38-19-17-29-25(33)22-23(27(36)37)21-24(32)15-13-11-9-7-5-3-1-2-4-6-8-10-12-14-16-26(34)35/h23H,1-22H2,(H,29,33)(H,34,35)(H,36,37)/t23-/m0/s1. The Hall–Kier alpha value is -2.65. The van der Waals surface area contributed by atoms with E-state index in [1.807, 2.05) is 0 Å². The first kappa shape index (κ1) is 35.4. The summed E-state index contributed by atoms with van der Waals surface area (Å²) in [6, 6.07) is 0. The van der Waals surface area contributed by atoms with E-state index in [0.717, 1.165) is 44.9 Å². The summed E-state index contributed by atoms with van der Waals surface area (Å²) in [6.07, 6.45) is 15.7. The average Bonchev–Trinajstić information content (AvgIpc) is 2.87. The zero-order valence-corrected chi connectivity index (χ0v) is 22.9. The Bertz CT molecular complexity index is 712. The summed E-state index contributed by atoms with van der Waals surface area (Å²) in [7, 11) is 0. The molecule has 11 nitrogen and oxygen atoms in total.